The van der Waals surface area contributed by atoms with E-state index in [0.29, 0.717) is 12.3 Å². The zero-order chi connectivity index (χ0) is 15.6. The number of nitrogens with one attached hydrogen (secondary N) is 1. The first kappa shape index (κ1) is 16.2. The van der Waals surface area contributed by atoms with E-state index in [1.54, 1.807) is 0 Å². The molecular weight excluding hydrogens is 258 g/mol. The zero-order valence-corrected chi connectivity index (χ0v) is 13.0. The largest absolute Gasteiger partial charge is 0.361 e. The van der Waals surface area contributed by atoms with E-state index < -0.39 is 0 Å². The van der Waals surface area contributed by atoms with Crippen molar-refractivity contribution in [1.29, 1.82) is 0 Å². The molecule has 0 saturated heterocycles. The zero-order valence-electron chi connectivity index (χ0n) is 13.0. The number of carbonyl (C=O) groups is 1. The van der Waals surface area contributed by atoms with Crippen molar-refractivity contribution in [2.45, 2.75) is 48.0 Å². The minimum absolute atomic E-state index is 0.0133. The molecule has 0 unspecified atom stereocenters. The van der Waals surface area contributed by atoms with Gasteiger partial charge in [0, 0.05) is 10.8 Å². The molecule has 20 heavy (non-hydrogen) atoms. The lowest BCUT2D eigenvalue weighted by molar-refractivity contribution is -0.140. The fourth-order valence-corrected chi connectivity index (χ4v) is 1.31. The molecule has 2 aliphatic rings. The Morgan fingerprint density at radius 1 is 1.15 bits per heavy atom. The van der Waals surface area contributed by atoms with Crippen LogP contribution in [0.15, 0.2) is 22.6 Å². The average Bonchev–Trinajstić information content (AvgIpc) is 2.85. The Labute approximate surface area is 119 Å². The van der Waals surface area contributed by atoms with E-state index in [1.807, 2.05) is 20.8 Å². The molecule has 2 rings (SSSR count). The number of rotatable bonds is 0. The van der Waals surface area contributed by atoms with Crippen molar-refractivity contribution < 1.29 is 14.5 Å². The number of carbonyl (C=O) groups excluding carboxylic acids is 1. The van der Waals surface area contributed by atoms with Gasteiger partial charge in [-0.2, -0.15) is 4.99 Å². The summed E-state index contributed by atoms with van der Waals surface area (Å²) in [5.74, 6) is 1.02. The van der Waals surface area contributed by atoms with Crippen LogP contribution in [-0.4, -0.2) is 17.5 Å². The highest BCUT2D eigenvalue weighted by Crippen LogP contribution is 2.22. The van der Waals surface area contributed by atoms with Gasteiger partial charge in [-0.1, -0.05) is 46.7 Å². The van der Waals surface area contributed by atoms with Gasteiger partial charge >= 0.3 is 5.97 Å². The van der Waals surface area contributed by atoms with E-state index in [9.17, 15) is 4.79 Å². The van der Waals surface area contributed by atoms with Crippen LogP contribution in [0, 0.1) is 10.8 Å². The van der Waals surface area contributed by atoms with Crippen LogP contribution in [0.1, 0.15) is 48.0 Å². The molecule has 0 aromatic carbocycles. The maximum absolute atomic E-state index is 10.6. The van der Waals surface area contributed by atoms with Crippen LogP contribution in [0.4, 0.5) is 0 Å². The van der Waals surface area contributed by atoms with E-state index in [2.05, 4.69) is 47.8 Å². The third-order valence-corrected chi connectivity index (χ3v) is 2.65. The fraction of sp³-hybridized carbons (Fsp3) is 0.643. The first-order valence-corrected chi connectivity index (χ1v) is 6.48. The highest BCUT2D eigenvalue weighted by Gasteiger charge is 2.27. The van der Waals surface area contributed by atoms with Gasteiger partial charge in [-0.15, -0.1) is 0 Å². The lowest BCUT2D eigenvalue weighted by Gasteiger charge is -2.16. The van der Waals surface area contributed by atoms with Gasteiger partial charge < -0.3 is 9.68 Å². The quantitative estimate of drug-likeness (QED) is 0.693. The third kappa shape index (κ3) is 4.68. The normalized spacial score (nSPS) is 18.3. The van der Waals surface area contributed by atoms with E-state index in [0.717, 1.165) is 11.5 Å². The van der Waals surface area contributed by atoms with Gasteiger partial charge in [0.2, 0.25) is 5.88 Å². The van der Waals surface area contributed by atoms with Crippen LogP contribution in [0.3, 0.4) is 0 Å². The fourth-order valence-electron chi connectivity index (χ4n) is 1.31. The van der Waals surface area contributed by atoms with Crippen molar-refractivity contribution in [2.24, 2.45) is 21.0 Å². The van der Waals surface area contributed by atoms with Gasteiger partial charge in [-0.3, -0.25) is 0 Å². The molecule has 1 N–H and O–H groups in total. The van der Waals surface area contributed by atoms with Crippen molar-refractivity contribution in [1.82, 2.24) is 5.48 Å². The molecule has 2 aliphatic heterocycles. The van der Waals surface area contributed by atoms with Crippen LogP contribution in [0.5, 0.6) is 0 Å². The Morgan fingerprint density at radius 2 is 1.75 bits per heavy atom. The molecule has 112 valence electrons. The molecule has 0 saturated carbocycles. The molecule has 0 aliphatic carbocycles. The van der Waals surface area contributed by atoms with Gasteiger partial charge in [-0.05, 0) is 6.58 Å². The second-order valence-electron chi connectivity index (χ2n) is 6.74. The van der Waals surface area contributed by atoms with Crippen LogP contribution in [0.25, 0.3) is 0 Å². The van der Waals surface area contributed by atoms with Gasteiger partial charge in [0.25, 0.3) is 0 Å². The Balaban J connectivity index is 0.000000200. The molecule has 0 aromatic heterocycles. The van der Waals surface area contributed by atoms with E-state index in [-0.39, 0.29) is 16.8 Å². The summed E-state index contributed by atoms with van der Waals surface area (Å²) in [6, 6.07) is 0. The number of nitrogens with zero attached hydrogens (tertiary/aromatic N) is 2. The Hall–Kier alpha value is -1.85. The van der Waals surface area contributed by atoms with Gasteiger partial charge in [0.05, 0.1) is 12.1 Å². The minimum Gasteiger partial charge on any atom is -0.361 e. The van der Waals surface area contributed by atoms with Gasteiger partial charge in [-0.25, -0.2) is 10.3 Å². The number of hydrogen-bond donors (Lipinski definition) is 1. The molecule has 0 spiro atoms. The topological polar surface area (TPSA) is 72.3 Å². The van der Waals surface area contributed by atoms with Crippen LogP contribution in [-0.2, 0) is 14.5 Å². The van der Waals surface area contributed by atoms with Crippen molar-refractivity contribution in [3.8, 4) is 0 Å². The second-order valence-corrected chi connectivity index (χ2v) is 6.74. The summed E-state index contributed by atoms with van der Waals surface area (Å²) >= 11 is 0. The van der Waals surface area contributed by atoms with E-state index in [1.165, 1.54) is 0 Å². The average molecular weight is 281 g/mol. The first-order chi connectivity index (χ1) is 9.00. The molecule has 6 nitrogen and oxygen atoms in total. The SMILES string of the molecule is C=C1N=C(C(C)(C)C)NO1.CC(C)(C)C1=NOC(=O)C1. The number of hydroxylamine groups is 1. The molecular formula is C14H23N3O3. The molecule has 0 fully saturated rings. The summed E-state index contributed by atoms with van der Waals surface area (Å²) in [6.07, 6.45) is 0.351. The number of amidine groups is 1. The molecule has 0 aromatic rings. The number of hydrogen-bond acceptors (Lipinski definition) is 6. The molecule has 0 radical (unpaired) electrons. The Bertz CT molecular complexity index is 465. The number of oxime groups is 1. The van der Waals surface area contributed by atoms with Crippen molar-refractivity contribution in [2.75, 3.05) is 0 Å². The lowest BCUT2D eigenvalue weighted by Crippen LogP contribution is -2.30. The highest BCUT2D eigenvalue weighted by atomic mass is 16.7. The summed E-state index contributed by atoms with van der Waals surface area (Å²) in [4.78, 5) is 23.9. The van der Waals surface area contributed by atoms with Crippen molar-refractivity contribution in [3.63, 3.8) is 0 Å². The first-order valence-electron chi connectivity index (χ1n) is 6.48. The van der Waals surface area contributed by atoms with Crippen LogP contribution >= 0.6 is 0 Å². The van der Waals surface area contributed by atoms with E-state index >= 15 is 0 Å². The van der Waals surface area contributed by atoms with Gasteiger partial charge in [0.15, 0.2) is 0 Å². The molecule has 0 bridgehead atoms. The predicted molar refractivity (Wildman–Crippen MR) is 77.8 cm³/mol. The minimum atomic E-state index is -0.245. The van der Waals surface area contributed by atoms with E-state index in [4.69, 9.17) is 4.84 Å². The maximum atomic E-state index is 10.6. The summed E-state index contributed by atoms with van der Waals surface area (Å²) < 4.78 is 0. The Morgan fingerprint density at radius 3 is 1.95 bits per heavy atom. The third-order valence-electron chi connectivity index (χ3n) is 2.65. The smallest absolute Gasteiger partial charge is 0.340 e. The highest BCUT2D eigenvalue weighted by molar-refractivity contribution is 6.04. The summed E-state index contributed by atoms with van der Waals surface area (Å²) in [5, 5.41) is 3.66. The lowest BCUT2D eigenvalue weighted by atomic mass is 9.88. The Kier molecular flexibility index (Phi) is 4.57. The summed E-state index contributed by atoms with van der Waals surface area (Å²) in [6.45, 7) is 15.7. The molecule has 2 heterocycles. The molecule has 0 atom stereocenters. The van der Waals surface area contributed by atoms with Crippen LogP contribution < -0.4 is 5.48 Å². The van der Waals surface area contributed by atoms with Crippen molar-refractivity contribution in [3.05, 3.63) is 12.5 Å². The monoisotopic (exact) mass is 281 g/mol. The standard InChI is InChI=1S/C7H12N2O.C7H11NO2/c1-5-8-6(9-10-5)7(2,3)4;1-7(2,3)5-4-6(9)10-8-5/h1H2,2-4H3,(H,8,9);4H2,1-3H3. The van der Waals surface area contributed by atoms with Gasteiger partial charge in [0.1, 0.15) is 5.84 Å². The second kappa shape index (κ2) is 5.64. The summed E-state index contributed by atoms with van der Waals surface area (Å²) in [7, 11) is 0. The molecule has 0 amide bonds. The predicted octanol–water partition coefficient (Wildman–Crippen LogP) is 2.77. The van der Waals surface area contributed by atoms with Crippen LogP contribution in [0.2, 0.25) is 0 Å². The van der Waals surface area contributed by atoms with Crippen molar-refractivity contribution >= 4 is 17.5 Å². The molecule has 6 heteroatoms. The number of aliphatic imine (C=N–C) groups is 1. The summed E-state index contributed by atoms with van der Waals surface area (Å²) in [5.41, 5.74) is 3.51. The maximum Gasteiger partial charge on any atom is 0.340 e.